The summed E-state index contributed by atoms with van der Waals surface area (Å²) in [5.74, 6) is -0.469. The van der Waals surface area contributed by atoms with Crippen molar-refractivity contribution in [2.45, 2.75) is 18.9 Å². The van der Waals surface area contributed by atoms with Gasteiger partial charge in [0.25, 0.3) is 0 Å². The van der Waals surface area contributed by atoms with Gasteiger partial charge in [-0.05, 0) is 77.5 Å². The second-order valence-corrected chi connectivity index (χ2v) is 8.05. The molecule has 4 rings (SSSR count). The minimum absolute atomic E-state index is 0.368. The summed E-state index contributed by atoms with van der Waals surface area (Å²) in [5.41, 5.74) is 4.92. The fourth-order valence-electron chi connectivity index (χ4n) is 3.20. The molecule has 1 atom stereocenters. The Morgan fingerprint density at radius 3 is 2.13 bits per heavy atom. The number of nitrogens with zero attached hydrogens (tertiary/aromatic N) is 2. The zero-order valence-electron chi connectivity index (χ0n) is 16.4. The molecule has 1 heterocycles. The lowest BCUT2D eigenvalue weighted by Crippen LogP contribution is -2.27. The Balaban J connectivity index is 1.37. The smallest absolute Gasteiger partial charge is 0.344 e. The van der Waals surface area contributed by atoms with E-state index in [-0.39, 0.29) is 0 Å². The molecule has 0 radical (unpaired) electrons. The molecule has 0 aliphatic heterocycles. The number of aliphatic carboxylic acids is 1. The topological polar surface area (TPSA) is 72.3 Å². The molecule has 4 aromatic rings. The van der Waals surface area contributed by atoms with Crippen LogP contribution in [0, 0.1) is 0 Å². The molecule has 0 spiro atoms. The third-order valence-corrected chi connectivity index (χ3v) is 5.65. The normalized spacial score (nSPS) is 11.8. The minimum Gasteiger partial charge on any atom is -0.479 e. The highest BCUT2D eigenvalue weighted by Gasteiger charge is 2.19. The quantitative estimate of drug-likeness (QED) is 0.357. The van der Waals surface area contributed by atoms with E-state index in [2.05, 4.69) is 9.59 Å². The third-order valence-electron chi connectivity index (χ3n) is 4.89. The molecule has 1 unspecified atom stereocenters. The largest absolute Gasteiger partial charge is 0.479 e. The number of aryl methyl sites for hydroxylation is 1. The lowest BCUT2D eigenvalue weighted by Gasteiger charge is -2.15. The SMILES string of the molecule is O=C(O)C(CCc1ccc(-c2ccc(Cl)cc2)cc1)Oc1ccc(-c2csnn2)cc1. The minimum atomic E-state index is -0.981. The highest BCUT2D eigenvalue weighted by atomic mass is 35.5. The van der Waals surface area contributed by atoms with Crippen LogP contribution in [0.4, 0.5) is 0 Å². The van der Waals surface area contributed by atoms with Crippen LogP contribution >= 0.6 is 23.1 Å². The molecule has 5 nitrogen and oxygen atoms in total. The van der Waals surface area contributed by atoms with Crippen LogP contribution in [0.5, 0.6) is 5.75 Å². The van der Waals surface area contributed by atoms with Crippen LogP contribution in [0.1, 0.15) is 12.0 Å². The van der Waals surface area contributed by atoms with Crippen molar-refractivity contribution in [3.8, 4) is 28.1 Å². The van der Waals surface area contributed by atoms with E-state index < -0.39 is 12.1 Å². The first kappa shape index (κ1) is 21.0. The van der Waals surface area contributed by atoms with Crippen LogP contribution in [0.15, 0.2) is 78.2 Å². The molecule has 156 valence electrons. The number of hydrogen-bond acceptors (Lipinski definition) is 5. The Bertz CT molecular complexity index is 1130. The number of ether oxygens (including phenoxy) is 1. The molecule has 7 heteroatoms. The summed E-state index contributed by atoms with van der Waals surface area (Å²) < 4.78 is 9.58. The van der Waals surface area contributed by atoms with E-state index in [1.165, 1.54) is 11.5 Å². The molecule has 0 saturated heterocycles. The first-order chi connectivity index (χ1) is 15.1. The van der Waals surface area contributed by atoms with Gasteiger partial charge in [0.05, 0.1) is 0 Å². The van der Waals surface area contributed by atoms with Gasteiger partial charge in [-0.2, -0.15) is 0 Å². The van der Waals surface area contributed by atoms with Crippen molar-refractivity contribution in [1.82, 2.24) is 9.59 Å². The average Bonchev–Trinajstić information content (AvgIpc) is 3.33. The van der Waals surface area contributed by atoms with E-state index in [0.29, 0.717) is 23.6 Å². The van der Waals surface area contributed by atoms with E-state index >= 15 is 0 Å². The Morgan fingerprint density at radius 1 is 0.935 bits per heavy atom. The van der Waals surface area contributed by atoms with Gasteiger partial charge in [0.1, 0.15) is 11.4 Å². The van der Waals surface area contributed by atoms with Crippen LogP contribution in [0.2, 0.25) is 5.02 Å². The maximum Gasteiger partial charge on any atom is 0.344 e. The van der Waals surface area contributed by atoms with Crippen molar-refractivity contribution < 1.29 is 14.6 Å². The highest BCUT2D eigenvalue weighted by molar-refractivity contribution is 7.03. The van der Waals surface area contributed by atoms with E-state index in [1.807, 2.05) is 66.0 Å². The second-order valence-electron chi connectivity index (χ2n) is 7.00. The summed E-state index contributed by atoms with van der Waals surface area (Å²) in [6.07, 6.45) is 0.0381. The van der Waals surface area contributed by atoms with Gasteiger partial charge in [-0.3, -0.25) is 0 Å². The molecule has 1 N–H and O–H groups in total. The van der Waals surface area contributed by atoms with Gasteiger partial charge in [-0.25, -0.2) is 4.79 Å². The van der Waals surface area contributed by atoms with Crippen LogP contribution in [0.25, 0.3) is 22.4 Å². The number of aromatic nitrogens is 2. The maximum atomic E-state index is 11.7. The summed E-state index contributed by atoms with van der Waals surface area (Å²) >= 11 is 7.23. The first-order valence-corrected chi connectivity index (χ1v) is 10.9. The van der Waals surface area contributed by atoms with Crippen molar-refractivity contribution in [3.05, 3.63) is 88.8 Å². The predicted octanol–water partition coefficient (Wildman–Crippen LogP) is 5.99. The molecular formula is C24H19ClN2O3S. The van der Waals surface area contributed by atoms with E-state index in [4.69, 9.17) is 16.3 Å². The fourth-order valence-corrected chi connectivity index (χ4v) is 3.79. The summed E-state index contributed by atoms with van der Waals surface area (Å²) in [5, 5.41) is 16.2. The molecule has 31 heavy (non-hydrogen) atoms. The molecule has 0 amide bonds. The van der Waals surface area contributed by atoms with Crippen LogP contribution < -0.4 is 4.74 Å². The summed E-state index contributed by atoms with van der Waals surface area (Å²) in [4.78, 5) is 11.7. The van der Waals surface area contributed by atoms with Gasteiger partial charge in [0.2, 0.25) is 0 Å². The number of rotatable bonds is 8. The fraction of sp³-hybridized carbons (Fsp3) is 0.125. The van der Waals surface area contributed by atoms with E-state index in [9.17, 15) is 9.90 Å². The molecule has 0 bridgehead atoms. The molecule has 0 fully saturated rings. The standard InChI is InChI=1S/C24H19ClN2O3S/c25-20-10-6-18(7-11-20)17-4-1-16(2-5-17)3-14-23(24(28)29)30-21-12-8-19(9-13-21)22-15-31-27-26-22/h1-2,4-13,15,23H,3,14H2,(H,28,29). The van der Waals surface area contributed by atoms with Crippen molar-refractivity contribution in [2.24, 2.45) is 0 Å². The zero-order chi connectivity index (χ0) is 21.6. The van der Waals surface area contributed by atoms with Gasteiger partial charge < -0.3 is 9.84 Å². The molecular weight excluding hydrogens is 432 g/mol. The lowest BCUT2D eigenvalue weighted by molar-refractivity contribution is -0.145. The van der Waals surface area contributed by atoms with Gasteiger partial charge in [-0.1, -0.05) is 52.5 Å². The van der Waals surface area contributed by atoms with Crippen molar-refractivity contribution >= 4 is 29.1 Å². The van der Waals surface area contributed by atoms with Crippen LogP contribution in [-0.2, 0) is 11.2 Å². The summed E-state index contributed by atoms with van der Waals surface area (Å²) in [6.45, 7) is 0. The summed E-state index contributed by atoms with van der Waals surface area (Å²) in [7, 11) is 0. The van der Waals surface area contributed by atoms with Gasteiger partial charge in [0.15, 0.2) is 6.10 Å². The third kappa shape index (κ3) is 5.48. The van der Waals surface area contributed by atoms with Gasteiger partial charge in [-0.15, -0.1) is 5.10 Å². The van der Waals surface area contributed by atoms with Gasteiger partial charge in [0, 0.05) is 16.0 Å². The molecule has 0 saturated carbocycles. The van der Waals surface area contributed by atoms with Crippen LogP contribution in [-0.4, -0.2) is 26.8 Å². The number of carboxylic acids is 1. The Labute approximate surface area is 189 Å². The molecule has 3 aromatic carbocycles. The molecule has 1 aromatic heterocycles. The lowest BCUT2D eigenvalue weighted by atomic mass is 10.0. The van der Waals surface area contributed by atoms with Gasteiger partial charge >= 0.3 is 5.97 Å². The molecule has 0 aliphatic carbocycles. The maximum absolute atomic E-state index is 11.7. The number of hydrogen-bond donors (Lipinski definition) is 1. The second kappa shape index (κ2) is 9.73. The predicted molar refractivity (Wildman–Crippen MR) is 123 cm³/mol. The highest BCUT2D eigenvalue weighted by Crippen LogP contribution is 2.24. The van der Waals surface area contributed by atoms with E-state index in [1.54, 1.807) is 12.1 Å². The number of carboxylic acid groups (broad SMARTS) is 1. The Morgan fingerprint density at radius 2 is 1.55 bits per heavy atom. The van der Waals surface area contributed by atoms with Crippen molar-refractivity contribution in [3.63, 3.8) is 0 Å². The number of halogens is 1. The van der Waals surface area contributed by atoms with E-state index in [0.717, 1.165) is 27.9 Å². The van der Waals surface area contributed by atoms with Crippen LogP contribution in [0.3, 0.4) is 0 Å². The average molecular weight is 451 g/mol. The Kier molecular flexibility index (Phi) is 6.60. The zero-order valence-corrected chi connectivity index (χ0v) is 18.0. The van der Waals surface area contributed by atoms with Crippen molar-refractivity contribution in [2.75, 3.05) is 0 Å². The molecule has 0 aliphatic rings. The summed E-state index contributed by atoms with van der Waals surface area (Å²) in [6, 6.07) is 23.0. The Hall–Kier alpha value is -3.22. The van der Waals surface area contributed by atoms with Crippen molar-refractivity contribution in [1.29, 1.82) is 0 Å². The number of carbonyl (C=O) groups is 1. The monoisotopic (exact) mass is 450 g/mol. The number of benzene rings is 3. The first-order valence-electron chi connectivity index (χ1n) is 9.70.